The molecule has 134 valence electrons. The summed E-state index contributed by atoms with van der Waals surface area (Å²) >= 11 is 0. The van der Waals surface area contributed by atoms with E-state index >= 15 is 0 Å². The van der Waals surface area contributed by atoms with Gasteiger partial charge in [0.2, 0.25) is 10.0 Å². The number of benzene rings is 1. The Balaban J connectivity index is 1.83. The highest BCUT2D eigenvalue weighted by Crippen LogP contribution is 2.34. The minimum absolute atomic E-state index is 0.326. The molecule has 1 saturated carbocycles. The van der Waals surface area contributed by atoms with E-state index in [1.54, 1.807) is 12.1 Å². The number of hydrogen-bond donors (Lipinski definition) is 0. The number of rotatable bonds is 3. The first-order valence-corrected chi connectivity index (χ1v) is 11.7. The van der Waals surface area contributed by atoms with Crippen molar-refractivity contribution in [1.82, 2.24) is 4.31 Å². The molecule has 0 radical (unpaired) electrons. The zero-order valence-electron chi connectivity index (χ0n) is 14.5. The van der Waals surface area contributed by atoms with Gasteiger partial charge in [-0.2, -0.15) is 4.31 Å². The van der Waals surface area contributed by atoms with Gasteiger partial charge in [-0.15, -0.1) is 0 Å². The fraction of sp³-hybridized carbons (Fsp3) is 0.667. The summed E-state index contributed by atoms with van der Waals surface area (Å²) in [5.41, 5.74) is 0.650. The van der Waals surface area contributed by atoms with E-state index in [9.17, 15) is 12.6 Å². The lowest BCUT2D eigenvalue weighted by atomic mass is 9.84. The molecule has 1 heterocycles. The Labute approximate surface area is 148 Å². The molecule has 1 atom stereocenters. The summed E-state index contributed by atoms with van der Waals surface area (Å²) in [5.74, 6) is 1.39. The molecule has 0 amide bonds. The van der Waals surface area contributed by atoms with Crippen LogP contribution in [0.15, 0.2) is 29.2 Å². The number of sulfonamides is 1. The zero-order chi connectivity index (χ0) is 17.4. The van der Waals surface area contributed by atoms with Crippen LogP contribution in [-0.2, 0) is 20.8 Å². The molecule has 0 bridgehead atoms. The van der Waals surface area contributed by atoms with Crippen LogP contribution in [0.1, 0.15) is 57.4 Å². The maximum absolute atomic E-state index is 13.0. The summed E-state index contributed by atoms with van der Waals surface area (Å²) in [6.07, 6.45) is 6.26. The van der Waals surface area contributed by atoms with Crippen molar-refractivity contribution in [3.8, 4) is 0 Å². The molecule has 0 N–H and O–H groups in total. The summed E-state index contributed by atoms with van der Waals surface area (Å²) < 4.78 is 39.4. The molecule has 0 aromatic heterocycles. The monoisotopic (exact) mass is 369 g/mol. The van der Waals surface area contributed by atoms with Gasteiger partial charge in [0.05, 0.1) is 4.90 Å². The molecular formula is C18H27NO3S2. The van der Waals surface area contributed by atoms with Gasteiger partial charge in [0, 0.05) is 34.4 Å². The lowest BCUT2D eigenvalue weighted by Crippen LogP contribution is -2.56. The summed E-state index contributed by atoms with van der Waals surface area (Å²) in [4.78, 5) is 0.350. The molecule has 2 aliphatic rings. The maximum atomic E-state index is 13.0. The van der Waals surface area contributed by atoms with Crippen molar-refractivity contribution in [2.45, 2.75) is 62.3 Å². The Morgan fingerprint density at radius 1 is 1.08 bits per heavy atom. The van der Waals surface area contributed by atoms with Crippen molar-refractivity contribution in [1.29, 1.82) is 0 Å². The molecule has 2 fully saturated rings. The Bertz CT molecular complexity index is 704. The van der Waals surface area contributed by atoms with Crippen LogP contribution in [0, 0.1) is 0 Å². The van der Waals surface area contributed by atoms with Crippen LogP contribution in [-0.4, -0.2) is 40.5 Å². The van der Waals surface area contributed by atoms with Crippen molar-refractivity contribution in [2.24, 2.45) is 0 Å². The number of hydrogen-bond acceptors (Lipinski definition) is 3. The topological polar surface area (TPSA) is 54.5 Å². The molecule has 3 rings (SSSR count). The Kier molecular flexibility index (Phi) is 5.19. The Morgan fingerprint density at radius 3 is 2.29 bits per heavy atom. The number of nitrogens with zero attached hydrogens (tertiary/aromatic N) is 1. The highest BCUT2D eigenvalue weighted by atomic mass is 32.2. The molecule has 1 saturated heterocycles. The van der Waals surface area contributed by atoms with Gasteiger partial charge in [-0.3, -0.25) is 4.21 Å². The second-order valence-electron chi connectivity index (χ2n) is 7.58. The molecule has 24 heavy (non-hydrogen) atoms. The molecular weight excluding hydrogens is 342 g/mol. The third-order valence-electron chi connectivity index (χ3n) is 5.26. The van der Waals surface area contributed by atoms with Crippen molar-refractivity contribution < 1.29 is 12.6 Å². The third-order valence-corrected chi connectivity index (χ3v) is 9.05. The second kappa shape index (κ2) is 6.89. The molecule has 4 nitrogen and oxygen atoms in total. The average Bonchev–Trinajstić information content (AvgIpc) is 2.54. The minimum atomic E-state index is -3.54. The van der Waals surface area contributed by atoms with Gasteiger partial charge < -0.3 is 0 Å². The second-order valence-corrected chi connectivity index (χ2v) is 11.0. The van der Waals surface area contributed by atoms with E-state index in [2.05, 4.69) is 0 Å². The summed E-state index contributed by atoms with van der Waals surface area (Å²) in [5, 5.41) is 0. The Morgan fingerprint density at radius 2 is 1.71 bits per heavy atom. The summed E-state index contributed by atoms with van der Waals surface area (Å²) in [6.45, 7) is 4.04. The van der Waals surface area contributed by atoms with Crippen LogP contribution >= 0.6 is 0 Å². The van der Waals surface area contributed by atoms with Crippen molar-refractivity contribution in [3.05, 3.63) is 29.8 Å². The molecule has 0 spiro atoms. The van der Waals surface area contributed by atoms with Crippen molar-refractivity contribution in [3.63, 3.8) is 0 Å². The van der Waals surface area contributed by atoms with Gasteiger partial charge in [-0.1, -0.05) is 31.4 Å². The van der Waals surface area contributed by atoms with Crippen LogP contribution in [0.5, 0.6) is 0 Å². The fourth-order valence-electron chi connectivity index (χ4n) is 3.95. The maximum Gasteiger partial charge on any atom is 0.243 e. The molecule has 6 heteroatoms. The van der Waals surface area contributed by atoms with Crippen LogP contribution in [0.4, 0.5) is 0 Å². The predicted octanol–water partition coefficient (Wildman–Crippen LogP) is 3.27. The molecule has 1 aliphatic heterocycles. The predicted molar refractivity (Wildman–Crippen MR) is 98.1 cm³/mol. The first-order valence-electron chi connectivity index (χ1n) is 8.78. The van der Waals surface area contributed by atoms with E-state index in [1.807, 2.05) is 26.0 Å². The van der Waals surface area contributed by atoms with Gasteiger partial charge in [0.1, 0.15) is 0 Å². The third kappa shape index (κ3) is 3.60. The molecule has 0 unspecified atom stereocenters. The van der Waals surface area contributed by atoms with Gasteiger partial charge in [-0.05, 0) is 50.3 Å². The van der Waals surface area contributed by atoms with E-state index < -0.39 is 26.4 Å². The van der Waals surface area contributed by atoms with Crippen LogP contribution in [0.25, 0.3) is 0 Å². The van der Waals surface area contributed by atoms with E-state index in [0.29, 0.717) is 28.9 Å². The van der Waals surface area contributed by atoms with Crippen LogP contribution in [0.2, 0.25) is 0 Å². The van der Waals surface area contributed by atoms with Gasteiger partial charge in [0.15, 0.2) is 0 Å². The van der Waals surface area contributed by atoms with E-state index in [-0.39, 0.29) is 0 Å². The lowest BCUT2D eigenvalue weighted by Gasteiger charge is -2.40. The summed E-state index contributed by atoms with van der Waals surface area (Å²) in [7, 11) is -4.48. The fourth-order valence-corrected chi connectivity index (χ4v) is 7.40. The first kappa shape index (κ1) is 18.1. The van der Waals surface area contributed by atoms with E-state index in [4.69, 9.17) is 0 Å². The zero-order valence-corrected chi connectivity index (χ0v) is 16.2. The van der Waals surface area contributed by atoms with Gasteiger partial charge in [-0.25, -0.2) is 8.42 Å². The SMILES string of the molecule is CC1(C)C[S@@](=O)CCN1S(=O)(=O)c1ccc(C2CCCCC2)cc1. The first-order chi connectivity index (χ1) is 11.3. The van der Waals surface area contributed by atoms with Gasteiger partial charge >= 0.3 is 0 Å². The minimum Gasteiger partial charge on any atom is -0.259 e. The molecule has 1 aliphatic carbocycles. The largest absolute Gasteiger partial charge is 0.259 e. The van der Waals surface area contributed by atoms with E-state index in [0.717, 1.165) is 0 Å². The van der Waals surface area contributed by atoms with E-state index in [1.165, 1.54) is 42.0 Å². The van der Waals surface area contributed by atoms with Crippen LogP contribution in [0.3, 0.4) is 0 Å². The smallest absolute Gasteiger partial charge is 0.243 e. The molecule has 1 aromatic rings. The Hall–Kier alpha value is -0.720. The van der Waals surface area contributed by atoms with Gasteiger partial charge in [0.25, 0.3) is 0 Å². The lowest BCUT2D eigenvalue weighted by molar-refractivity contribution is 0.256. The average molecular weight is 370 g/mol. The summed E-state index contributed by atoms with van der Waals surface area (Å²) in [6, 6.07) is 7.47. The molecule has 1 aromatic carbocycles. The van der Waals surface area contributed by atoms with Crippen molar-refractivity contribution in [2.75, 3.05) is 18.1 Å². The normalized spacial score (nSPS) is 26.3. The highest BCUT2D eigenvalue weighted by Gasteiger charge is 2.41. The highest BCUT2D eigenvalue weighted by molar-refractivity contribution is 7.89. The van der Waals surface area contributed by atoms with Crippen molar-refractivity contribution >= 4 is 20.8 Å². The van der Waals surface area contributed by atoms with Crippen LogP contribution < -0.4 is 0 Å². The standard InChI is InChI=1S/C18H27NO3S2/c1-18(2)14-23(20)13-12-19(18)24(21,22)17-10-8-16(9-11-17)15-6-4-3-5-7-15/h8-11,15H,3-7,12-14H2,1-2H3/t23-/m0/s1. The quantitative estimate of drug-likeness (QED) is 0.822.